The van der Waals surface area contributed by atoms with Crippen molar-refractivity contribution in [2.75, 3.05) is 16.9 Å². The van der Waals surface area contributed by atoms with E-state index in [1.807, 2.05) is 31.2 Å². The third-order valence-electron chi connectivity index (χ3n) is 3.45. The molecule has 0 fully saturated rings. The highest BCUT2D eigenvalue weighted by atomic mass is 32.2. The standard InChI is InChI=1S/C17H15F2N5OS/c1-10-2-4-11(5-3-10)16-22-23-17(24(16)20)26-9-15(25)21-14-7-12(18)6-13(19)8-14/h2-8H,9,20H2,1H3,(H,21,25). The van der Waals surface area contributed by atoms with E-state index in [0.29, 0.717) is 11.0 Å². The fraction of sp³-hybridized carbons (Fsp3) is 0.118. The molecule has 0 saturated heterocycles. The minimum absolute atomic E-state index is 0.0403. The highest BCUT2D eigenvalue weighted by Gasteiger charge is 2.14. The van der Waals surface area contributed by atoms with Gasteiger partial charge in [0.05, 0.1) is 5.75 Å². The van der Waals surface area contributed by atoms with Gasteiger partial charge < -0.3 is 11.2 Å². The van der Waals surface area contributed by atoms with Gasteiger partial charge in [-0.1, -0.05) is 41.6 Å². The Morgan fingerprint density at radius 1 is 1.15 bits per heavy atom. The zero-order valence-corrected chi connectivity index (χ0v) is 14.6. The van der Waals surface area contributed by atoms with Crippen LogP contribution >= 0.6 is 11.8 Å². The van der Waals surface area contributed by atoms with Crippen LogP contribution < -0.4 is 11.2 Å². The van der Waals surface area contributed by atoms with Gasteiger partial charge in [-0.15, -0.1) is 10.2 Å². The Balaban J connectivity index is 1.64. The van der Waals surface area contributed by atoms with Crippen molar-refractivity contribution in [1.82, 2.24) is 14.9 Å². The maximum atomic E-state index is 13.1. The number of benzene rings is 2. The minimum atomic E-state index is -0.766. The first-order valence-corrected chi connectivity index (χ1v) is 8.57. The van der Waals surface area contributed by atoms with Gasteiger partial charge in [-0.2, -0.15) is 0 Å². The number of halogens is 2. The van der Waals surface area contributed by atoms with E-state index in [9.17, 15) is 13.6 Å². The Labute approximate surface area is 152 Å². The van der Waals surface area contributed by atoms with E-state index >= 15 is 0 Å². The third kappa shape index (κ3) is 4.17. The molecule has 0 bridgehead atoms. The predicted octanol–water partition coefficient (Wildman–Crippen LogP) is 2.98. The number of rotatable bonds is 5. The highest BCUT2D eigenvalue weighted by molar-refractivity contribution is 7.99. The zero-order chi connectivity index (χ0) is 18.7. The average molecular weight is 375 g/mol. The van der Waals surface area contributed by atoms with E-state index < -0.39 is 17.5 Å². The summed E-state index contributed by atoms with van der Waals surface area (Å²) in [6.45, 7) is 1.97. The zero-order valence-electron chi connectivity index (χ0n) is 13.7. The number of aromatic nitrogens is 3. The number of carbonyl (C=O) groups excluding carboxylic acids is 1. The van der Waals surface area contributed by atoms with Crippen molar-refractivity contribution in [2.45, 2.75) is 12.1 Å². The number of nitrogens with zero attached hydrogens (tertiary/aromatic N) is 3. The normalized spacial score (nSPS) is 10.7. The number of nitrogens with one attached hydrogen (secondary N) is 1. The van der Waals surface area contributed by atoms with Gasteiger partial charge in [0.2, 0.25) is 11.1 Å². The number of thioether (sulfide) groups is 1. The molecule has 0 atom stereocenters. The van der Waals surface area contributed by atoms with E-state index in [2.05, 4.69) is 15.5 Å². The monoisotopic (exact) mass is 375 g/mol. The quantitative estimate of drug-likeness (QED) is 0.529. The molecular formula is C17H15F2N5OS. The van der Waals surface area contributed by atoms with Crippen molar-refractivity contribution in [1.29, 1.82) is 0 Å². The van der Waals surface area contributed by atoms with Crippen LogP contribution in [0, 0.1) is 18.6 Å². The molecule has 0 radical (unpaired) electrons. The van der Waals surface area contributed by atoms with Crippen LogP contribution in [0.3, 0.4) is 0 Å². The summed E-state index contributed by atoms with van der Waals surface area (Å²) < 4.78 is 27.6. The molecule has 0 aliphatic rings. The summed E-state index contributed by atoms with van der Waals surface area (Å²) in [6, 6.07) is 10.4. The molecule has 1 amide bonds. The topological polar surface area (TPSA) is 85.8 Å². The van der Waals surface area contributed by atoms with Crippen LogP contribution in [0.15, 0.2) is 47.6 Å². The molecule has 0 aliphatic heterocycles. The lowest BCUT2D eigenvalue weighted by molar-refractivity contribution is -0.113. The molecule has 0 unspecified atom stereocenters. The van der Waals surface area contributed by atoms with Crippen molar-refractivity contribution >= 4 is 23.4 Å². The lowest BCUT2D eigenvalue weighted by atomic mass is 10.1. The summed E-state index contributed by atoms with van der Waals surface area (Å²) in [5.74, 6) is 4.45. The van der Waals surface area contributed by atoms with Crippen LogP contribution in [0.1, 0.15) is 5.56 Å². The van der Waals surface area contributed by atoms with Crippen LogP contribution in [-0.4, -0.2) is 26.5 Å². The molecule has 9 heteroatoms. The summed E-state index contributed by atoms with van der Waals surface area (Å²) >= 11 is 1.07. The van der Waals surface area contributed by atoms with Gasteiger partial charge in [-0.05, 0) is 19.1 Å². The van der Waals surface area contributed by atoms with E-state index in [-0.39, 0.29) is 11.4 Å². The summed E-state index contributed by atoms with van der Waals surface area (Å²) in [5.41, 5.74) is 1.96. The smallest absolute Gasteiger partial charge is 0.234 e. The summed E-state index contributed by atoms with van der Waals surface area (Å²) in [7, 11) is 0. The van der Waals surface area contributed by atoms with Gasteiger partial charge in [0.15, 0.2) is 5.82 Å². The molecule has 26 heavy (non-hydrogen) atoms. The summed E-state index contributed by atoms with van der Waals surface area (Å²) in [4.78, 5) is 12.0. The first-order chi connectivity index (χ1) is 12.4. The van der Waals surface area contributed by atoms with Crippen LogP contribution in [0.4, 0.5) is 14.5 Å². The predicted molar refractivity (Wildman–Crippen MR) is 96.1 cm³/mol. The SMILES string of the molecule is Cc1ccc(-c2nnc(SCC(=O)Nc3cc(F)cc(F)c3)n2N)cc1. The molecule has 0 saturated carbocycles. The van der Waals surface area contributed by atoms with E-state index in [4.69, 9.17) is 5.84 Å². The highest BCUT2D eigenvalue weighted by Crippen LogP contribution is 2.22. The average Bonchev–Trinajstić information content (AvgIpc) is 2.93. The minimum Gasteiger partial charge on any atom is -0.335 e. The molecular weight excluding hydrogens is 360 g/mol. The van der Waals surface area contributed by atoms with Crippen molar-refractivity contribution in [3.63, 3.8) is 0 Å². The fourth-order valence-electron chi connectivity index (χ4n) is 2.23. The Kier molecular flexibility index (Phi) is 5.17. The van der Waals surface area contributed by atoms with Crippen molar-refractivity contribution in [3.05, 3.63) is 59.7 Å². The number of aryl methyl sites for hydroxylation is 1. The van der Waals surface area contributed by atoms with Crippen molar-refractivity contribution < 1.29 is 13.6 Å². The maximum absolute atomic E-state index is 13.1. The molecule has 3 rings (SSSR count). The second-order valence-corrected chi connectivity index (χ2v) is 6.48. The molecule has 6 nitrogen and oxygen atoms in total. The Hall–Kier alpha value is -2.94. The number of amides is 1. The molecule has 1 heterocycles. The molecule has 2 aromatic carbocycles. The summed E-state index contributed by atoms with van der Waals surface area (Å²) in [6.07, 6.45) is 0. The van der Waals surface area contributed by atoms with Crippen LogP contribution in [0.25, 0.3) is 11.4 Å². The molecule has 3 aromatic rings. The first kappa shape index (κ1) is 17.9. The van der Waals surface area contributed by atoms with Gasteiger partial charge in [0, 0.05) is 17.3 Å². The van der Waals surface area contributed by atoms with Gasteiger partial charge in [0.25, 0.3) is 0 Å². The number of nitrogens with two attached hydrogens (primary N) is 1. The van der Waals surface area contributed by atoms with E-state index in [1.165, 1.54) is 4.68 Å². The second kappa shape index (κ2) is 7.52. The molecule has 0 spiro atoms. The number of carbonyl (C=O) groups is 1. The largest absolute Gasteiger partial charge is 0.335 e. The maximum Gasteiger partial charge on any atom is 0.234 e. The molecule has 134 valence electrons. The van der Waals surface area contributed by atoms with Gasteiger partial charge in [-0.25, -0.2) is 13.5 Å². The lowest BCUT2D eigenvalue weighted by Gasteiger charge is -2.06. The number of nitrogen functional groups attached to an aromatic ring is 1. The van der Waals surface area contributed by atoms with Crippen LogP contribution in [-0.2, 0) is 4.79 Å². The Morgan fingerprint density at radius 3 is 2.46 bits per heavy atom. The fourth-order valence-corrected chi connectivity index (χ4v) is 2.88. The Morgan fingerprint density at radius 2 is 1.81 bits per heavy atom. The van der Waals surface area contributed by atoms with E-state index in [1.54, 1.807) is 0 Å². The number of hydrogen-bond donors (Lipinski definition) is 2. The van der Waals surface area contributed by atoms with Gasteiger partial charge >= 0.3 is 0 Å². The molecule has 1 aromatic heterocycles. The van der Waals surface area contributed by atoms with Crippen molar-refractivity contribution in [3.8, 4) is 11.4 Å². The molecule has 0 aliphatic carbocycles. The van der Waals surface area contributed by atoms with Crippen LogP contribution in [0.2, 0.25) is 0 Å². The third-order valence-corrected chi connectivity index (χ3v) is 4.40. The molecule has 3 N–H and O–H groups in total. The van der Waals surface area contributed by atoms with Crippen molar-refractivity contribution in [2.24, 2.45) is 0 Å². The number of hydrogen-bond acceptors (Lipinski definition) is 5. The van der Waals surface area contributed by atoms with E-state index in [0.717, 1.165) is 41.1 Å². The summed E-state index contributed by atoms with van der Waals surface area (Å²) in [5, 5.41) is 10.8. The first-order valence-electron chi connectivity index (χ1n) is 7.58. The second-order valence-electron chi connectivity index (χ2n) is 5.54. The number of anilines is 1. The van der Waals surface area contributed by atoms with Gasteiger partial charge in [-0.3, -0.25) is 4.79 Å². The van der Waals surface area contributed by atoms with Crippen LogP contribution in [0.5, 0.6) is 0 Å². The Bertz CT molecular complexity index is 923. The van der Waals surface area contributed by atoms with Gasteiger partial charge in [0.1, 0.15) is 11.6 Å². The lowest BCUT2D eigenvalue weighted by Crippen LogP contribution is -2.16.